The molecule has 0 spiro atoms. The first-order valence-electron chi connectivity index (χ1n) is 27.7. The number of carbonyl (C=O) groups is 3. The van der Waals surface area contributed by atoms with Crippen LogP contribution in [-0.2, 0) is 56.0 Å². The van der Waals surface area contributed by atoms with E-state index in [1.165, 1.54) is 63.4 Å². The Kier molecular flexibility index (Phi) is 22.0. The molecule has 3 aliphatic rings. The summed E-state index contributed by atoms with van der Waals surface area (Å²) in [5, 5.41) is 3.82. The van der Waals surface area contributed by atoms with Crippen molar-refractivity contribution in [2.24, 2.45) is 0 Å². The van der Waals surface area contributed by atoms with Gasteiger partial charge in [0, 0.05) is 85.0 Å². The van der Waals surface area contributed by atoms with E-state index in [-0.39, 0.29) is 94.4 Å². The number of hydrogen-bond acceptors (Lipinski definition) is 11. The van der Waals surface area contributed by atoms with Crippen molar-refractivity contribution in [3.8, 4) is 0 Å². The quantitative estimate of drug-likeness (QED) is 0.0271. The van der Waals surface area contributed by atoms with Crippen molar-refractivity contribution in [1.82, 2.24) is 0 Å². The van der Waals surface area contributed by atoms with Crippen molar-refractivity contribution in [2.45, 2.75) is 156 Å². The van der Waals surface area contributed by atoms with E-state index < -0.39 is 15.5 Å². The summed E-state index contributed by atoms with van der Waals surface area (Å²) in [5.41, 5.74) is 11.8. The van der Waals surface area contributed by atoms with Crippen LogP contribution >= 0.6 is 0 Å². The Morgan fingerprint density at radius 3 is 2.04 bits per heavy atom. The number of ether oxygens (including phenoxy) is 3. The van der Waals surface area contributed by atoms with Gasteiger partial charge < -0.3 is 29.0 Å². The van der Waals surface area contributed by atoms with Crippen LogP contribution in [0.1, 0.15) is 156 Å². The van der Waals surface area contributed by atoms with Gasteiger partial charge in [-0.3, -0.25) is 14.4 Å². The van der Waals surface area contributed by atoms with Gasteiger partial charge in [0.2, 0.25) is 5.69 Å². The molecule has 2 heterocycles. The van der Waals surface area contributed by atoms with Crippen LogP contribution in [-0.4, -0.2) is 75.6 Å². The average molecular weight is 1040 g/mol. The van der Waals surface area contributed by atoms with Crippen molar-refractivity contribution >= 4 is 50.8 Å². The summed E-state index contributed by atoms with van der Waals surface area (Å²) < 4.78 is 82.8. The third kappa shape index (κ3) is 15.7. The molecule has 0 saturated heterocycles. The largest absolute Gasteiger partial charge is 1.00 e. The van der Waals surface area contributed by atoms with Crippen LogP contribution < -0.4 is 61.6 Å². The summed E-state index contributed by atoms with van der Waals surface area (Å²) in [6.07, 6.45) is 18.0. The zero-order valence-electron chi connectivity index (χ0n) is 49.6. The molecule has 0 atom stereocenters. The minimum absolute atomic E-state index is 0. The summed E-state index contributed by atoms with van der Waals surface area (Å²) in [6.45, 7) is 12.3. The molecule has 3 aromatic rings. The number of allylic oxidation sites excluding steroid dienone is 7. The van der Waals surface area contributed by atoms with E-state index in [0.29, 0.717) is 38.6 Å². The zero-order valence-corrected chi connectivity index (χ0v) is 48.5. The predicted octanol–water partition coefficient (Wildman–Crippen LogP) is 9.47. The molecule has 1 aliphatic carbocycles. The number of benzene rings is 3. The van der Waals surface area contributed by atoms with Gasteiger partial charge in [-0.1, -0.05) is 84.4 Å². The topological polar surface area (TPSA) is 154 Å². The van der Waals surface area contributed by atoms with Gasteiger partial charge in [0.05, 0.1) is 31.6 Å². The second kappa shape index (κ2) is 28.5. The first kappa shape index (κ1) is 55.6. The Labute approximate surface area is 481 Å². The molecule has 0 fully saturated rings. The van der Waals surface area contributed by atoms with E-state index in [9.17, 15) is 27.4 Å². The Balaban J connectivity index is 0.00000213. The van der Waals surface area contributed by atoms with E-state index >= 15 is 0 Å². The summed E-state index contributed by atoms with van der Waals surface area (Å²) in [7, 11) is 0.289. The van der Waals surface area contributed by atoms with Crippen LogP contribution in [0.15, 0.2) is 112 Å². The molecule has 3 aromatic carbocycles. The predicted molar refractivity (Wildman–Crippen MR) is 287 cm³/mol. The fraction of sp³-hybridized carbons (Fsp3) is 0.483. The van der Waals surface area contributed by atoms with E-state index in [2.05, 4.69) is 91.9 Å². The monoisotopic (exact) mass is 1040 g/mol. The maximum absolute atomic E-state index is 12.2. The number of methoxy groups -OCH3 is 3. The molecule has 0 aromatic heterocycles. The van der Waals surface area contributed by atoms with Gasteiger partial charge in [0.1, 0.15) is 16.7 Å². The third-order valence-electron chi connectivity index (χ3n) is 13.7. The molecule has 0 bridgehead atoms. The molecule has 0 radical (unpaired) electrons. The number of anilines is 2. The standard InChI is InChI=1S/C55H69N3O9S.3CH4.K/c1-38-20-29-46-44(36-38)54(2,3)48(57(46)34-13-9-11-18-50(59)65-6)31-24-40-16-15-17-41(53(40)56-42-26-21-39(22-27-42)23-33-52(61)67-8)25-32-49-55(4,5)45-37-43(68(62,63)64)28-30-47(45)58(49)35-14-10-12-19-51(60)66-7;;;;/h20-22,24-32,36-37H,9-19,23,33-35H2,1-8H3,(H,62,63,64);3*1H4;/q;;;;+1/i;2*1D2;1D;. The molecule has 0 saturated carbocycles. The van der Waals surface area contributed by atoms with Gasteiger partial charge >= 0.3 is 69.3 Å². The summed E-state index contributed by atoms with van der Waals surface area (Å²) in [5.74, 6) is -0.671. The van der Waals surface area contributed by atoms with Gasteiger partial charge in [-0.15, -0.1) is 0 Å². The fourth-order valence-electron chi connectivity index (χ4n) is 9.74. The van der Waals surface area contributed by atoms with Crippen LogP contribution in [0, 0.1) is 6.92 Å². The Bertz CT molecular complexity index is 2700. The number of rotatable bonds is 21. The van der Waals surface area contributed by atoms with Gasteiger partial charge in [-0.25, -0.2) is 8.42 Å². The van der Waals surface area contributed by atoms with Crippen LogP contribution in [0.2, 0.25) is 0 Å². The zero-order chi connectivity index (χ0) is 56.6. The van der Waals surface area contributed by atoms with Crippen LogP contribution in [0.4, 0.5) is 17.1 Å². The first-order chi connectivity index (χ1) is 36.2. The fourth-order valence-corrected chi connectivity index (χ4v) is 10.2. The SMILES string of the molecule is COC(=O)CCCCCN1C(=CC=C2CCCC(C=CC3=[N+](CCCCCC(=O)OC)c4ccc(S(=O)(=O)[O-])cc4C3(C)C)=C2Nc2ccc(CCC(=O)OC)cc2)C(C)(C)c2cc(C)ccc21.[2H]C.[2H]C[2H].[2H]C[2H].[K+]. The maximum atomic E-state index is 12.2. The van der Waals surface area contributed by atoms with E-state index in [1.54, 1.807) is 6.07 Å². The third-order valence-corrected chi connectivity index (χ3v) is 14.5. The Morgan fingerprint density at radius 1 is 0.792 bits per heavy atom. The summed E-state index contributed by atoms with van der Waals surface area (Å²) in [6, 6.07) is 19.5. The van der Waals surface area contributed by atoms with Crippen LogP contribution in [0.5, 0.6) is 0 Å². The number of fused-ring (bicyclic) bond motifs is 2. The number of nitrogens with zero attached hydrogens (tertiary/aromatic N) is 2. The summed E-state index contributed by atoms with van der Waals surface area (Å²) in [4.78, 5) is 37.8. The Hall–Kier alpha value is -4.15. The molecule has 2 aliphatic heterocycles. The van der Waals surface area contributed by atoms with Crippen molar-refractivity contribution < 1.29 is 104 Å². The maximum Gasteiger partial charge on any atom is 1.00 e. The first-order valence-corrected chi connectivity index (χ1v) is 25.3. The number of aryl methyl sites for hydroxylation is 2. The number of unbranched alkanes of at least 4 members (excludes halogenated alkanes) is 4. The molecular weight excluding hydrogens is 954 g/mol. The van der Waals surface area contributed by atoms with Crippen molar-refractivity contribution in [1.29, 1.82) is 0 Å². The normalized spacial score (nSPS) is 17.2. The molecule has 72 heavy (non-hydrogen) atoms. The van der Waals surface area contributed by atoms with E-state index in [0.717, 1.165) is 103 Å². The van der Waals surface area contributed by atoms with Crippen molar-refractivity contribution in [2.75, 3.05) is 44.6 Å². The minimum atomic E-state index is -4.68. The molecule has 388 valence electrons. The van der Waals surface area contributed by atoms with Crippen LogP contribution in [0.25, 0.3) is 0 Å². The second-order valence-electron chi connectivity index (χ2n) is 19.1. The number of carbonyl (C=O) groups excluding carboxylic acids is 3. The van der Waals surface area contributed by atoms with Crippen molar-refractivity contribution in [3.05, 3.63) is 130 Å². The minimum Gasteiger partial charge on any atom is -0.744 e. The van der Waals surface area contributed by atoms with E-state index in [4.69, 9.17) is 21.1 Å². The molecule has 1 N–H and O–H groups in total. The van der Waals surface area contributed by atoms with Crippen molar-refractivity contribution in [3.63, 3.8) is 0 Å². The average Bonchev–Trinajstić information content (AvgIpc) is 3.74. The smallest absolute Gasteiger partial charge is 0.744 e. The van der Waals surface area contributed by atoms with Gasteiger partial charge in [-0.05, 0) is 131 Å². The summed E-state index contributed by atoms with van der Waals surface area (Å²) >= 11 is 0. The molecular formula is C58H81KN3O9S+. The molecule has 0 unspecified atom stereocenters. The van der Waals surface area contributed by atoms with E-state index in [1.807, 2.05) is 24.3 Å². The molecule has 0 amide bonds. The second-order valence-corrected chi connectivity index (χ2v) is 20.5. The van der Waals surface area contributed by atoms with Gasteiger partial charge in [0.25, 0.3) is 0 Å². The molecule has 14 heteroatoms. The number of esters is 3. The van der Waals surface area contributed by atoms with Gasteiger partial charge in [-0.2, -0.15) is 4.58 Å². The number of hydrogen-bond donors (Lipinski definition) is 1. The van der Waals surface area contributed by atoms with Crippen LogP contribution in [0.3, 0.4) is 0 Å². The number of nitrogens with one attached hydrogen (secondary N) is 1. The molecule has 6 rings (SSSR count). The van der Waals surface area contributed by atoms with Gasteiger partial charge in [0.15, 0.2) is 5.71 Å². The Morgan fingerprint density at radius 2 is 1.42 bits per heavy atom. The molecule has 12 nitrogen and oxygen atoms in total.